The van der Waals surface area contributed by atoms with Gasteiger partial charge < -0.3 is 36.5 Å². The molecule has 5 aliphatic carbocycles. The van der Waals surface area contributed by atoms with E-state index >= 15 is 0 Å². The van der Waals surface area contributed by atoms with Crippen molar-refractivity contribution in [2.24, 2.45) is 73.6 Å². The van der Waals surface area contributed by atoms with Crippen molar-refractivity contribution in [2.45, 2.75) is 276 Å². The summed E-state index contributed by atoms with van der Waals surface area (Å²) in [7, 11) is 0. The maximum atomic E-state index is 14.1. The quantitative estimate of drug-likeness (QED) is 0.0513. The minimum absolute atomic E-state index is 0. The number of benzene rings is 4. The van der Waals surface area contributed by atoms with Crippen molar-refractivity contribution >= 4 is 57.4 Å². The predicted molar refractivity (Wildman–Crippen MR) is 446 cm³/mol. The van der Waals surface area contributed by atoms with Crippen LogP contribution >= 0.6 is 15.9 Å². The molecule has 4 aromatic rings. The Kier molecular flexibility index (Phi) is 32.1. The van der Waals surface area contributed by atoms with Crippen LogP contribution in [0, 0.1) is 47.2 Å². The van der Waals surface area contributed by atoms with Crippen LogP contribution in [0.3, 0.4) is 0 Å². The molecule has 602 valence electrons. The largest absolute Gasteiger partial charge is 0.487 e. The zero-order valence-electron chi connectivity index (χ0n) is 64.7. The highest BCUT2D eigenvalue weighted by atomic mass is 79.9. The van der Waals surface area contributed by atoms with Crippen LogP contribution in [0.1, 0.15) is 264 Å². The van der Waals surface area contributed by atoms with E-state index in [2.05, 4.69) is 27.4 Å². The first kappa shape index (κ1) is 85.2. The van der Waals surface area contributed by atoms with Crippen LogP contribution < -0.4 is 26.7 Å². The minimum atomic E-state index is -0.962. The van der Waals surface area contributed by atoms with E-state index in [0.29, 0.717) is 93.1 Å². The van der Waals surface area contributed by atoms with Gasteiger partial charge in [0.15, 0.2) is 30.0 Å². The molecule has 0 bridgehead atoms. The summed E-state index contributed by atoms with van der Waals surface area (Å²) in [5, 5.41) is 0. The van der Waals surface area contributed by atoms with E-state index in [9.17, 15) is 23.6 Å². The number of nitrogens with two attached hydrogens (primary N) is 3. The normalized spacial score (nSPS) is 24.3. The molecular formula is C91H133BrFN11O6. The Bertz CT molecular complexity index is 3650. The first-order valence-corrected chi connectivity index (χ1v) is 42.9. The second-order valence-corrected chi connectivity index (χ2v) is 34.7. The number of para-hydroxylation sites is 2. The average molecular weight is 1580 g/mol. The SMILES string of the molecule is C.C.C=C(COc1ccccc1)N1CCC(CN2C(=O)C(CCC3CCCCC3)(CC3CCCCC3)N=C2N)CC1.NC1=NC(CCC2CCCCC2)(c2cccc(Br)c2)C(=O)N1CC1CCN(C(=O)COc2ccccc2)CC1.NC1=N[C@](CCC2CCCCC2)(CC2CCCCC2)C(=O)N1Cc1ccc(F)cc1. The number of ether oxygens (including phenoxy) is 2. The monoisotopic (exact) mass is 1570 g/mol. The molecule has 5 saturated carbocycles. The van der Waals surface area contributed by atoms with E-state index in [1.807, 2.05) is 94.7 Å². The molecule has 110 heavy (non-hydrogen) atoms. The lowest BCUT2D eigenvalue weighted by atomic mass is 9.75. The highest BCUT2D eigenvalue weighted by Gasteiger charge is 2.52. The zero-order valence-corrected chi connectivity index (χ0v) is 66.3. The first-order chi connectivity index (χ1) is 52.5. The van der Waals surface area contributed by atoms with Crippen LogP contribution in [-0.2, 0) is 31.3 Å². The Hall–Kier alpha value is -7.28. The topological polar surface area (TPSA) is 218 Å². The molecule has 4 amide bonds. The fourth-order valence-electron chi connectivity index (χ4n) is 19.6. The standard InChI is InChI=1S/C33H50N4O2.C31H39BrN4O3.C25H36FN3O.2CH4/c1-26(25-39-30-15-9-4-10-16-30)36-21-18-29(19-22-36)24-37-31(38)33(35-32(37)34,23-28-13-7-3-8-14-28)20-17-27-11-5-2-6-12-27;32-26-11-7-10-25(20-26)31(17-14-23-8-3-1-4-9-23)29(38)36(30(33)34-31)21-24-15-18-35(19-16-24)28(37)22-39-27-12-5-2-6-13-27;26-22-13-11-21(12-14-22)18-29-23(30)25(28-24(29)27,17-20-9-5-2-6-10-20)16-15-19-7-3-1-4-8-19;;/h4,9-10,15-16,27-29H,1-3,5-8,11-14,17-25H2,(H2,34,35);2,5-7,10-13,20,23-24H,1,3-4,8-9,14-19,21-22H2,(H2,33,34);11-14,19-20H,1-10,15-18H2,(H2,27,28);2*1H4/t;;25-;;/m..1../s1. The third kappa shape index (κ3) is 22.8. The molecule has 14 rings (SSSR count). The summed E-state index contributed by atoms with van der Waals surface area (Å²) in [4.78, 5) is 78.9. The molecule has 5 heterocycles. The van der Waals surface area contributed by atoms with Gasteiger partial charge in [-0.3, -0.25) is 33.9 Å². The Morgan fingerprint density at radius 1 is 0.455 bits per heavy atom. The van der Waals surface area contributed by atoms with Crippen molar-refractivity contribution in [1.29, 1.82) is 0 Å². The minimum Gasteiger partial charge on any atom is -0.487 e. The Labute approximate surface area is 667 Å². The van der Waals surface area contributed by atoms with Crippen LogP contribution in [-0.4, -0.2) is 130 Å². The number of carbonyl (C=O) groups excluding carboxylic acids is 4. The van der Waals surface area contributed by atoms with Gasteiger partial charge in [-0.2, -0.15) is 0 Å². The first-order valence-electron chi connectivity index (χ1n) is 42.1. The molecule has 6 N–H and O–H groups in total. The van der Waals surface area contributed by atoms with Gasteiger partial charge in [0.05, 0.1) is 6.54 Å². The lowest BCUT2D eigenvalue weighted by molar-refractivity contribution is -0.136. The zero-order chi connectivity index (χ0) is 75.3. The van der Waals surface area contributed by atoms with E-state index in [1.165, 1.54) is 173 Å². The van der Waals surface area contributed by atoms with Gasteiger partial charge >= 0.3 is 0 Å². The van der Waals surface area contributed by atoms with Gasteiger partial charge in [0.1, 0.15) is 35.0 Å². The number of halogens is 2. The number of carbonyl (C=O) groups is 4. The van der Waals surface area contributed by atoms with Gasteiger partial charge in [0, 0.05) is 49.4 Å². The summed E-state index contributed by atoms with van der Waals surface area (Å²) >= 11 is 3.59. The number of rotatable bonds is 27. The number of piperidine rings is 2. The van der Waals surface area contributed by atoms with Crippen LogP contribution in [0.2, 0.25) is 0 Å². The molecule has 7 fully saturated rings. The van der Waals surface area contributed by atoms with Crippen LogP contribution in [0.25, 0.3) is 0 Å². The Morgan fingerprint density at radius 3 is 1.32 bits per heavy atom. The van der Waals surface area contributed by atoms with Crippen molar-refractivity contribution in [3.8, 4) is 11.5 Å². The number of hydrogen-bond acceptors (Lipinski definition) is 13. The molecule has 0 aromatic heterocycles. The molecule has 2 saturated heterocycles. The van der Waals surface area contributed by atoms with Gasteiger partial charge in [-0.1, -0.05) is 259 Å². The smallest absolute Gasteiger partial charge is 0.261 e. The van der Waals surface area contributed by atoms with E-state index < -0.39 is 16.6 Å². The Morgan fingerprint density at radius 2 is 0.855 bits per heavy atom. The maximum absolute atomic E-state index is 14.1. The van der Waals surface area contributed by atoms with Crippen LogP contribution in [0.15, 0.2) is 141 Å². The highest BCUT2D eigenvalue weighted by Crippen LogP contribution is 2.46. The second-order valence-electron chi connectivity index (χ2n) is 33.8. The Balaban J connectivity index is 0.000000176. The molecule has 5 aliphatic heterocycles. The fourth-order valence-corrected chi connectivity index (χ4v) is 20.0. The molecule has 0 spiro atoms. The highest BCUT2D eigenvalue weighted by molar-refractivity contribution is 9.10. The van der Waals surface area contributed by atoms with E-state index in [0.717, 1.165) is 123 Å². The molecule has 0 radical (unpaired) electrons. The van der Waals surface area contributed by atoms with Crippen molar-refractivity contribution in [2.75, 3.05) is 52.5 Å². The van der Waals surface area contributed by atoms with E-state index in [4.69, 9.17) is 41.7 Å². The molecule has 17 nitrogen and oxygen atoms in total. The molecule has 19 heteroatoms. The fraction of sp³-hybridized carbons (Fsp3) is 0.637. The number of amides is 4. The predicted octanol–water partition coefficient (Wildman–Crippen LogP) is 18.8. The number of hydrogen-bond donors (Lipinski definition) is 3. The molecule has 4 aromatic carbocycles. The summed E-state index contributed by atoms with van der Waals surface area (Å²) < 4.78 is 25.8. The number of likely N-dealkylation sites (tertiary alicyclic amines) is 2. The van der Waals surface area contributed by atoms with E-state index in [-0.39, 0.29) is 56.8 Å². The summed E-state index contributed by atoms with van der Waals surface area (Å²) in [6.45, 7) is 9.60. The summed E-state index contributed by atoms with van der Waals surface area (Å²) in [5.41, 5.74) is 19.9. The van der Waals surface area contributed by atoms with Crippen molar-refractivity contribution in [3.05, 3.63) is 143 Å². The van der Waals surface area contributed by atoms with Crippen LogP contribution in [0.5, 0.6) is 11.5 Å². The lowest BCUT2D eigenvalue weighted by Crippen LogP contribution is -2.48. The molecule has 2 unspecified atom stereocenters. The van der Waals surface area contributed by atoms with Gasteiger partial charge in [0.25, 0.3) is 23.6 Å². The number of nitrogens with zero attached hydrogens (tertiary/aromatic N) is 8. The summed E-state index contributed by atoms with van der Waals surface area (Å²) in [6, 6.07) is 33.6. The lowest BCUT2D eigenvalue weighted by Gasteiger charge is -2.37. The molecule has 10 aliphatic rings. The van der Waals surface area contributed by atoms with Crippen molar-refractivity contribution in [1.82, 2.24) is 24.5 Å². The van der Waals surface area contributed by atoms with Gasteiger partial charge in [-0.05, 0) is 178 Å². The van der Waals surface area contributed by atoms with Gasteiger partial charge in [-0.25, -0.2) is 19.4 Å². The van der Waals surface area contributed by atoms with E-state index in [1.54, 1.807) is 21.9 Å². The van der Waals surface area contributed by atoms with Crippen LogP contribution in [0.4, 0.5) is 4.39 Å². The summed E-state index contributed by atoms with van der Waals surface area (Å²) in [6.07, 6.45) is 43.2. The number of aliphatic imine (C=N–C) groups is 3. The molecule has 3 atom stereocenters. The summed E-state index contributed by atoms with van der Waals surface area (Å²) in [5.74, 6) is 6.66. The molecular weight excluding hydrogens is 1440 g/mol. The number of guanidine groups is 3. The third-order valence-corrected chi connectivity index (χ3v) is 26.6. The van der Waals surface area contributed by atoms with Gasteiger partial charge in [-0.15, -0.1) is 0 Å². The van der Waals surface area contributed by atoms with Gasteiger partial charge in [0.2, 0.25) is 0 Å². The van der Waals surface area contributed by atoms with Crippen molar-refractivity contribution < 1.29 is 33.0 Å². The second kappa shape index (κ2) is 41.5. The average Bonchev–Trinajstić information content (AvgIpc) is 1.60. The van der Waals surface area contributed by atoms with Crippen molar-refractivity contribution in [3.63, 3.8) is 0 Å². The third-order valence-electron chi connectivity index (χ3n) is 26.1. The maximum Gasteiger partial charge on any atom is 0.261 e.